The second-order valence-corrected chi connectivity index (χ2v) is 5.41. The zero-order chi connectivity index (χ0) is 14.4. The fourth-order valence-electron chi connectivity index (χ4n) is 2.33. The van der Waals surface area contributed by atoms with Gasteiger partial charge in [-0.2, -0.15) is 0 Å². The summed E-state index contributed by atoms with van der Waals surface area (Å²) in [4.78, 5) is 12.0. The van der Waals surface area contributed by atoms with Crippen LogP contribution < -0.4 is 15.4 Å². The van der Waals surface area contributed by atoms with Crippen LogP contribution >= 0.6 is 0 Å². The Labute approximate surface area is 120 Å². The van der Waals surface area contributed by atoms with Crippen molar-refractivity contribution in [1.82, 2.24) is 5.32 Å². The number of carbonyl (C=O) groups excluding carboxylic acids is 1. The van der Waals surface area contributed by atoms with Crippen molar-refractivity contribution < 1.29 is 9.53 Å². The molecule has 1 aliphatic carbocycles. The molecule has 1 aliphatic rings. The summed E-state index contributed by atoms with van der Waals surface area (Å²) in [6, 6.07) is 7.90. The first-order chi connectivity index (χ1) is 9.72. The second-order valence-electron chi connectivity index (χ2n) is 5.41. The summed E-state index contributed by atoms with van der Waals surface area (Å²) in [7, 11) is 1.60. The van der Waals surface area contributed by atoms with E-state index in [-0.39, 0.29) is 5.91 Å². The van der Waals surface area contributed by atoms with Gasteiger partial charge in [0.05, 0.1) is 19.3 Å². The molecular formula is C16H24N2O2. The molecule has 0 aromatic heterocycles. The van der Waals surface area contributed by atoms with Gasteiger partial charge in [-0.15, -0.1) is 0 Å². The Hall–Kier alpha value is -1.55. The molecule has 0 radical (unpaired) electrons. The van der Waals surface area contributed by atoms with E-state index in [1.807, 2.05) is 24.3 Å². The summed E-state index contributed by atoms with van der Waals surface area (Å²) in [5.74, 6) is 1.54. The van der Waals surface area contributed by atoms with Gasteiger partial charge in [0.2, 0.25) is 5.91 Å². The Morgan fingerprint density at radius 1 is 1.40 bits per heavy atom. The molecule has 0 saturated heterocycles. The van der Waals surface area contributed by atoms with Gasteiger partial charge in [-0.1, -0.05) is 31.9 Å². The molecule has 1 fully saturated rings. The van der Waals surface area contributed by atoms with E-state index in [0.29, 0.717) is 18.3 Å². The number of rotatable bonds is 8. The molecule has 2 N–H and O–H groups in total. The molecule has 110 valence electrons. The third-order valence-electron chi connectivity index (χ3n) is 3.74. The minimum Gasteiger partial charge on any atom is -0.495 e. The van der Waals surface area contributed by atoms with Gasteiger partial charge < -0.3 is 15.4 Å². The van der Waals surface area contributed by atoms with Crippen molar-refractivity contribution in [3.8, 4) is 5.75 Å². The van der Waals surface area contributed by atoms with E-state index in [4.69, 9.17) is 4.74 Å². The van der Waals surface area contributed by atoms with E-state index in [1.54, 1.807) is 7.11 Å². The van der Waals surface area contributed by atoms with E-state index in [1.165, 1.54) is 19.3 Å². The Bertz CT molecular complexity index is 444. The highest BCUT2D eigenvalue weighted by Crippen LogP contribution is 2.34. The largest absolute Gasteiger partial charge is 0.495 e. The number of ether oxygens (including phenoxy) is 1. The Kier molecular flexibility index (Phi) is 5.41. The highest BCUT2D eigenvalue weighted by molar-refractivity contribution is 5.93. The van der Waals surface area contributed by atoms with Crippen LogP contribution in [0.25, 0.3) is 0 Å². The molecule has 1 unspecified atom stereocenters. The van der Waals surface area contributed by atoms with Gasteiger partial charge >= 0.3 is 0 Å². The van der Waals surface area contributed by atoms with Gasteiger partial charge in [-0.05, 0) is 30.9 Å². The third kappa shape index (κ3) is 4.53. The number of benzene rings is 1. The lowest BCUT2D eigenvalue weighted by Crippen LogP contribution is -2.36. The standard InChI is InChI=1S/C16H24N2O2/c1-3-13(10-12-8-9-12)17-11-16(19)18-14-6-4-5-7-15(14)20-2/h4-7,12-13,17H,3,8-11H2,1-2H3,(H,18,19). The normalized spacial score (nSPS) is 15.7. The van der Waals surface area contributed by atoms with Crippen LogP contribution in [-0.4, -0.2) is 25.6 Å². The zero-order valence-electron chi connectivity index (χ0n) is 12.3. The number of methoxy groups -OCH3 is 1. The lowest BCUT2D eigenvalue weighted by molar-refractivity contribution is -0.115. The number of para-hydroxylation sites is 2. The molecule has 1 aromatic rings. The number of nitrogens with one attached hydrogen (secondary N) is 2. The predicted octanol–water partition coefficient (Wildman–Crippen LogP) is 2.80. The van der Waals surface area contributed by atoms with Gasteiger partial charge in [0.15, 0.2) is 0 Å². The molecule has 1 saturated carbocycles. The molecule has 20 heavy (non-hydrogen) atoms. The summed E-state index contributed by atoms with van der Waals surface area (Å²) in [5, 5.41) is 6.23. The first kappa shape index (κ1) is 14.9. The van der Waals surface area contributed by atoms with Crippen molar-refractivity contribution in [1.29, 1.82) is 0 Å². The summed E-state index contributed by atoms with van der Waals surface area (Å²) in [5.41, 5.74) is 0.719. The summed E-state index contributed by atoms with van der Waals surface area (Å²) < 4.78 is 5.22. The van der Waals surface area contributed by atoms with Crippen LogP contribution in [0.4, 0.5) is 5.69 Å². The fourth-order valence-corrected chi connectivity index (χ4v) is 2.33. The molecule has 0 bridgehead atoms. The minimum absolute atomic E-state index is 0.0243. The number of carbonyl (C=O) groups is 1. The lowest BCUT2D eigenvalue weighted by Gasteiger charge is -2.16. The van der Waals surface area contributed by atoms with Crippen LogP contribution in [-0.2, 0) is 4.79 Å². The maximum Gasteiger partial charge on any atom is 0.238 e. The van der Waals surface area contributed by atoms with Crippen molar-refractivity contribution in [2.75, 3.05) is 19.0 Å². The molecule has 1 aromatic carbocycles. The van der Waals surface area contributed by atoms with Crippen LogP contribution in [0.3, 0.4) is 0 Å². The summed E-state index contributed by atoms with van der Waals surface area (Å²) in [6.45, 7) is 2.52. The lowest BCUT2D eigenvalue weighted by atomic mass is 10.1. The van der Waals surface area contributed by atoms with Crippen LogP contribution in [0, 0.1) is 5.92 Å². The van der Waals surface area contributed by atoms with Crippen molar-refractivity contribution >= 4 is 11.6 Å². The van der Waals surface area contributed by atoms with Crippen molar-refractivity contribution in [2.24, 2.45) is 5.92 Å². The molecule has 4 nitrogen and oxygen atoms in total. The minimum atomic E-state index is -0.0243. The number of amides is 1. The van der Waals surface area contributed by atoms with Gasteiger partial charge in [-0.3, -0.25) is 4.79 Å². The maximum atomic E-state index is 12.0. The van der Waals surface area contributed by atoms with Gasteiger partial charge in [-0.25, -0.2) is 0 Å². The van der Waals surface area contributed by atoms with Crippen LogP contribution in [0.1, 0.15) is 32.6 Å². The van der Waals surface area contributed by atoms with E-state index in [2.05, 4.69) is 17.6 Å². The SMILES string of the molecule is CCC(CC1CC1)NCC(=O)Nc1ccccc1OC. The molecule has 1 atom stereocenters. The number of hydrogen-bond acceptors (Lipinski definition) is 3. The average Bonchev–Trinajstić information content (AvgIpc) is 3.28. The highest BCUT2D eigenvalue weighted by Gasteiger charge is 2.24. The van der Waals surface area contributed by atoms with Crippen LogP contribution in [0.2, 0.25) is 0 Å². The van der Waals surface area contributed by atoms with E-state index in [9.17, 15) is 4.79 Å². The third-order valence-corrected chi connectivity index (χ3v) is 3.74. The zero-order valence-corrected chi connectivity index (χ0v) is 12.3. The summed E-state index contributed by atoms with van der Waals surface area (Å²) in [6.07, 6.45) is 4.97. The molecule has 4 heteroatoms. The smallest absolute Gasteiger partial charge is 0.238 e. The molecule has 0 aliphatic heterocycles. The number of anilines is 1. The Balaban J connectivity index is 1.79. The fraction of sp³-hybridized carbons (Fsp3) is 0.562. The highest BCUT2D eigenvalue weighted by atomic mass is 16.5. The van der Waals surface area contributed by atoms with Crippen molar-refractivity contribution in [2.45, 2.75) is 38.6 Å². The molecule has 0 heterocycles. The van der Waals surface area contributed by atoms with E-state index < -0.39 is 0 Å². The first-order valence-electron chi connectivity index (χ1n) is 7.39. The topological polar surface area (TPSA) is 50.4 Å². The first-order valence-corrected chi connectivity index (χ1v) is 7.39. The predicted molar refractivity (Wildman–Crippen MR) is 81.0 cm³/mol. The number of hydrogen-bond donors (Lipinski definition) is 2. The van der Waals surface area contributed by atoms with Crippen molar-refractivity contribution in [3.63, 3.8) is 0 Å². The Morgan fingerprint density at radius 2 is 2.15 bits per heavy atom. The van der Waals surface area contributed by atoms with Crippen LogP contribution in [0.5, 0.6) is 5.75 Å². The van der Waals surface area contributed by atoms with E-state index in [0.717, 1.165) is 18.0 Å². The van der Waals surface area contributed by atoms with Crippen LogP contribution in [0.15, 0.2) is 24.3 Å². The Morgan fingerprint density at radius 3 is 2.80 bits per heavy atom. The van der Waals surface area contributed by atoms with Gasteiger partial charge in [0, 0.05) is 6.04 Å². The van der Waals surface area contributed by atoms with E-state index >= 15 is 0 Å². The average molecular weight is 276 g/mol. The maximum absolute atomic E-state index is 12.0. The van der Waals surface area contributed by atoms with Gasteiger partial charge in [0.1, 0.15) is 5.75 Å². The molecule has 0 spiro atoms. The van der Waals surface area contributed by atoms with Gasteiger partial charge in [0.25, 0.3) is 0 Å². The molecule has 2 rings (SSSR count). The van der Waals surface area contributed by atoms with Crippen molar-refractivity contribution in [3.05, 3.63) is 24.3 Å². The second kappa shape index (κ2) is 7.29. The monoisotopic (exact) mass is 276 g/mol. The molecule has 1 amide bonds. The molecular weight excluding hydrogens is 252 g/mol. The summed E-state index contributed by atoms with van der Waals surface area (Å²) >= 11 is 0. The quantitative estimate of drug-likeness (QED) is 0.767.